The summed E-state index contributed by atoms with van der Waals surface area (Å²) in [5.41, 5.74) is 2.27. The zero-order valence-electron chi connectivity index (χ0n) is 11.7. The van der Waals surface area contributed by atoms with Crippen molar-refractivity contribution in [2.75, 3.05) is 13.7 Å². The Kier molecular flexibility index (Phi) is 5.49. The molecule has 0 saturated carbocycles. The van der Waals surface area contributed by atoms with Gasteiger partial charge in [-0.05, 0) is 43.3 Å². The third kappa shape index (κ3) is 3.37. The highest BCUT2D eigenvalue weighted by Crippen LogP contribution is 2.37. The standard InChI is InChI=1S/C15H17BrClNOS/c1-4-18-15(13-5-6-14(17)20-13)10-8-11(16)9(2)7-12(10)19-3/h5-8,15,18H,4H2,1-3H3. The number of ether oxygens (including phenoxy) is 1. The highest BCUT2D eigenvalue weighted by molar-refractivity contribution is 9.10. The quantitative estimate of drug-likeness (QED) is 0.778. The molecule has 1 heterocycles. The average molecular weight is 375 g/mol. The van der Waals surface area contributed by atoms with Crippen LogP contribution in [-0.2, 0) is 0 Å². The molecule has 1 aromatic heterocycles. The zero-order chi connectivity index (χ0) is 14.7. The van der Waals surface area contributed by atoms with E-state index in [2.05, 4.69) is 53.3 Å². The number of nitrogens with one attached hydrogen (secondary N) is 1. The fourth-order valence-corrected chi connectivity index (χ4v) is 3.64. The molecule has 1 N–H and O–H groups in total. The van der Waals surface area contributed by atoms with Crippen molar-refractivity contribution in [2.24, 2.45) is 0 Å². The highest BCUT2D eigenvalue weighted by Gasteiger charge is 2.20. The number of thiophene rings is 1. The first-order valence-electron chi connectivity index (χ1n) is 6.39. The smallest absolute Gasteiger partial charge is 0.124 e. The van der Waals surface area contributed by atoms with Crippen LogP contribution in [-0.4, -0.2) is 13.7 Å². The summed E-state index contributed by atoms with van der Waals surface area (Å²) >= 11 is 11.3. The van der Waals surface area contributed by atoms with E-state index in [1.165, 1.54) is 4.88 Å². The minimum atomic E-state index is 0.0874. The second-order valence-corrected chi connectivity index (χ2v) is 7.08. The number of hydrogen-bond acceptors (Lipinski definition) is 3. The molecule has 2 aromatic rings. The van der Waals surface area contributed by atoms with Crippen molar-refractivity contribution in [3.05, 3.63) is 49.1 Å². The number of benzene rings is 1. The average Bonchev–Trinajstić information content (AvgIpc) is 2.85. The van der Waals surface area contributed by atoms with E-state index in [1.54, 1.807) is 18.4 Å². The van der Waals surface area contributed by atoms with Gasteiger partial charge in [-0.3, -0.25) is 0 Å². The summed E-state index contributed by atoms with van der Waals surface area (Å²) in [7, 11) is 1.70. The van der Waals surface area contributed by atoms with Crippen LogP contribution in [0.4, 0.5) is 0 Å². The molecule has 0 saturated heterocycles. The topological polar surface area (TPSA) is 21.3 Å². The van der Waals surface area contributed by atoms with Gasteiger partial charge in [-0.2, -0.15) is 0 Å². The van der Waals surface area contributed by atoms with Crippen molar-refractivity contribution in [2.45, 2.75) is 19.9 Å². The van der Waals surface area contributed by atoms with Gasteiger partial charge in [0.25, 0.3) is 0 Å². The monoisotopic (exact) mass is 373 g/mol. The van der Waals surface area contributed by atoms with Crippen LogP contribution in [0.5, 0.6) is 5.75 Å². The summed E-state index contributed by atoms with van der Waals surface area (Å²) in [5.74, 6) is 0.890. The Balaban J connectivity index is 2.51. The van der Waals surface area contributed by atoms with Gasteiger partial charge in [0, 0.05) is 14.9 Å². The van der Waals surface area contributed by atoms with Crippen LogP contribution >= 0.6 is 38.9 Å². The van der Waals surface area contributed by atoms with Gasteiger partial charge in [0.2, 0.25) is 0 Å². The molecule has 0 aliphatic carbocycles. The Morgan fingerprint density at radius 2 is 2.15 bits per heavy atom. The predicted molar refractivity (Wildman–Crippen MR) is 90.3 cm³/mol. The van der Waals surface area contributed by atoms with Crippen molar-refractivity contribution in [3.63, 3.8) is 0 Å². The van der Waals surface area contributed by atoms with E-state index in [1.807, 2.05) is 6.07 Å². The van der Waals surface area contributed by atoms with Gasteiger partial charge in [0.15, 0.2) is 0 Å². The Bertz CT molecular complexity index is 600. The Morgan fingerprint density at radius 3 is 2.70 bits per heavy atom. The van der Waals surface area contributed by atoms with Crippen molar-refractivity contribution >= 4 is 38.9 Å². The first kappa shape index (κ1) is 15.8. The predicted octanol–water partition coefficient (Wildman–Crippen LogP) is 5.18. The molecule has 0 amide bonds. The van der Waals surface area contributed by atoms with E-state index >= 15 is 0 Å². The molecule has 20 heavy (non-hydrogen) atoms. The molecule has 0 aliphatic rings. The summed E-state index contributed by atoms with van der Waals surface area (Å²) in [6.45, 7) is 5.02. The Morgan fingerprint density at radius 1 is 1.40 bits per heavy atom. The molecular formula is C15H17BrClNOS. The van der Waals surface area contributed by atoms with Crippen molar-refractivity contribution < 1.29 is 4.74 Å². The molecule has 1 aromatic carbocycles. The van der Waals surface area contributed by atoms with Crippen LogP contribution < -0.4 is 10.1 Å². The van der Waals surface area contributed by atoms with E-state index in [9.17, 15) is 0 Å². The molecule has 2 nitrogen and oxygen atoms in total. The summed E-state index contributed by atoms with van der Waals surface area (Å²) in [6.07, 6.45) is 0. The number of methoxy groups -OCH3 is 1. The van der Waals surface area contributed by atoms with Gasteiger partial charge in [0.1, 0.15) is 5.75 Å². The lowest BCUT2D eigenvalue weighted by Crippen LogP contribution is -2.21. The molecule has 0 fully saturated rings. The van der Waals surface area contributed by atoms with E-state index in [0.717, 1.165) is 32.2 Å². The summed E-state index contributed by atoms with van der Waals surface area (Å²) in [5, 5.41) is 3.50. The molecule has 1 atom stereocenters. The summed E-state index contributed by atoms with van der Waals surface area (Å²) in [4.78, 5) is 1.19. The lowest BCUT2D eigenvalue weighted by molar-refractivity contribution is 0.404. The second-order valence-electron chi connectivity index (χ2n) is 4.48. The minimum Gasteiger partial charge on any atom is -0.496 e. The largest absolute Gasteiger partial charge is 0.496 e. The van der Waals surface area contributed by atoms with Crippen LogP contribution in [0.3, 0.4) is 0 Å². The number of halogens is 2. The lowest BCUT2D eigenvalue weighted by Gasteiger charge is -2.21. The molecule has 5 heteroatoms. The number of aryl methyl sites for hydroxylation is 1. The SMILES string of the molecule is CCNC(c1ccc(Cl)s1)c1cc(Br)c(C)cc1OC. The molecule has 2 rings (SSSR count). The maximum Gasteiger partial charge on any atom is 0.124 e. The van der Waals surface area contributed by atoms with Crippen LogP contribution in [0.2, 0.25) is 4.34 Å². The minimum absolute atomic E-state index is 0.0874. The van der Waals surface area contributed by atoms with Gasteiger partial charge in [-0.1, -0.05) is 34.5 Å². The van der Waals surface area contributed by atoms with Gasteiger partial charge < -0.3 is 10.1 Å². The molecule has 0 aliphatic heterocycles. The molecule has 0 bridgehead atoms. The molecule has 1 unspecified atom stereocenters. The van der Waals surface area contributed by atoms with Gasteiger partial charge in [-0.15, -0.1) is 11.3 Å². The summed E-state index contributed by atoms with van der Waals surface area (Å²) < 4.78 is 7.43. The van der Waals surface area contributed by atoms with Crippen molar-refractivity contribution in [1.82, 2.24) is 5.32 Å². The molecule has 0 radical (unpaired) electrons. The van der Waals surface area contributed by atoms with Crippen molar-refractivity contribution in [1.29, 1.82) is 0 Å². The first-order valence-corrected chi connectivity index (χ1v) is 8.38. The fourth-order valence-electron chi connectivity index (χ4n) is 2.12. The van der Waals surface area contributed by atoms with Gasteiger partial charge >= 0.3 is 0 Å². The molecule has 0 spiro atoms. The third-order valence-corrected chi connectivity index (χ3v) is 5.26. The molecular weight excluding hydrogens is 358 g/mol. The van der Waals surface area contributed by atoms with Crippen LogP contribution in [0.15, 0.2) is 28.7 Å². The van der Waals surface area contributed by atoms with Crippen molar-refractivity contribution in [3.8, 4) is 5.75 Å². The van der Waals surface area contributed by atoms with Crippen LogP contribution in [0.25, 0.3) is 0 Å². The highest BCUT2D eigenvalue weighted by atomic mass is 79.9. The Labute approximate surface area is 137 Å². The van der Waals surface area contributed by atoms with E-state index in [-0.39, 0.29) is 6.04 Å². The van der Waals surface area contributed by atoms with Crippen LogP contribution in [0.1, 0.15) is 29.0 Å². The number of hydrogen-bond donors (Lipinski definition) is 1. The van der Waals surface area contributed by atoms with E-state index in [0.29, 0.717) is 0 Å². The third-order valence-electron chi connectivity index (χ3n) is 3.11. The normalized spacial score (nSPS) is 12.4. The maximum absolute atomic E-state index is 6.07. The molecule has 108 valence electrons. The summed E-state index contributed by atoms with van der Waals surface area (Å²) in [6, 6.07) is 8.26. The maximum atomic E-state index is 6.07. The van der Waals surface area contributed by atoms with E-state index in [4.69, 9.17) is 16.3 Å². The Hall–Kier alpha value is -0.550. The lowest BCUT2D eigenvalue weighted by atomic mass is 10.0. The first-order chi connectivity index (χ1) is 9.56. The van der Waals surface area contributed by atoms with Crippen LogP contribution in [0, 0.1) is 6.92 Å². The van der Waals surface area contributed by atoms with Gasteiger partial charge in [-0.25, -0.2) is 0 Å². The number of rotatable bonds is 5. The zero-order valence-corrected chi connectivity index (χ0v) is 14.8. The van der Waals surface area contributed by atoms with E-state index < -0.39 is 0 Å². The fraction of sp³-hybridized carbons (Fsp3) is 0.333. The van der Waals surface area contributed by atoms with Gasteiger partial charge in [0.05, 0.1) is 17.5 Å². The second kappa shape index (κ2) is 6.94.